The van der Waals surface area contributed by atoms with Crippen LogP contribution in [0.1, 0.15) is 52.9 Å². The van der Waals surface area contributed by atoms with Gasteiger partial charge in [-0.05, 0) is 19.8 Å². The number of carbonyl (C=O) groups is 1. The number of hydrogen-bond donors (Lipinski definition) is 0. The van der Waals surface area contributed by atoms with Gasteiger partial charge in [0.15, 0.2) is 5.41 Å². The highest BCUT2D eigenvalue weighted by atomic mass is 19.4. The summed E-state index contributed by atoms with van der Waals surface area (Å²) in [4.78, 5) is 11.6. The Morgan fingerprint density at radius 3 is 1.91 bits per heavy atom. The molecule has 1 unspecified atom stereocenters. The van der Waals surface area contributed by atoms with E-state index in [4.69, 9.17) is 4.74 Å². The van der Waals surface area contributed by atoms with E-state index >= 15 is 0 Å². The van der Waals surface area contributed by atoms with E-state index in [1.54, 1.807) is 13.8 Å². The molecule has 0 spiro atoms. The molecule has 0 radical (unpaired) electrons. The van der Waals surface area contributed by atoms with Gasteiger partial charge in [0, 0.05) is 12.0 Å². The molecule has 0 aromatic heterocycles. The summed E-state index contributed by atoms with van der Waals surface area (Å²) in [7, 11) is 0. The Labute approximate surface area is 131 Å². The summed E-state index contributed by atoms with van der Waals surface area (Å²) in [5.41, 5.74) is -3.93. The van der Waals surface area contributed by atoms with Gasteiger partial charge in [0.2, 0.25) is 0 Å². The van der Waals surface area contributed by atoms with Crippen molar-refractivity contribution in [3.63, 3.8) is 0 Å². The summed E-state index contributed by atoms with van der Waals surface area (Å²) in [6, 6.07) is 0. The fourth-order valence-corrected chi connectivity index (χ4v) is 1.86. The van der Waals surface area contributed by atoms with Crippen molar-refractivity contribution < 1.29 is 35.9 Å². The lowest BCUT2D eigenvalue weighted by molar-refractivity contribution is -0.341. The third-order valence-electron chi connectivity index (χ3n) is 3.76. The van der Waals surface area contributed by atoms with Gasteiger partial charge in [0.25, 0.3) is 0 Å². The Morgan fingerprint density at radius 1 is 1.09 bits per heavy atom. The van der Waals surface area contributed by atoms with Crippen LogP contribution in [0.2, 0.25) is 0 Å². The summed E-state index contributed by atoms with van der Waals surface area (Å²) >= 11 is 0. The average molecular weight is 348 g/mol. The van der Waals surface area contributed by atoms with E-state index in [0.717, 1.165) is 0 Å². The van der Waals surface area contributed by atoms with Crippen LogP contribution < -0.4 is 0 Å². The molecule has 23 heavy (non-hydrogen) atoms. The Kier molecular flexibility index (Phi) is 7.63. The van der Waals surface area contributed by atoms with Crippen molar-refractivity contribution in [1.29, 1.82) is 0 Å². The molecule has 0 aromatic carbocycles. The number of esters is 1. The van der Waals surface area contributed by atoms with E-state index in [2.05, 4.69) is 6.58 Å². The van der Waals surface area contributed by atoms with Crippen LogP contribution >= 0.6 is 0 Å². The second-order valence-corrected chi connectivity index (χ2v) is 5.66. The van der Waals surface area contributed by atoms with Crippen LogP contribution in [0.25, 0.3) is 0 Å². The van der Waals surface area contributed by atoms with Gasteiger partial charge < -0.3 is 4.74 Å². The molecule has 0 aromatic rings. The maximum atomic E-state index is 13.0. The van der Waals surface area contributed by atoms with Gasteiger partial charge in [0.05, 0.1) is 0 Å². The number of ether oxygens (including phenoxy) is 1. The lowest BCUT2D eigenvalue weighted by atomic mass is 9.81. The van der Waals surface area contributed by atoms with E-state index in [1.807, 2.05) is 0 Å². The Balaban J connectivity index is 5.39. The number of rotatable bonds is 8. The van der Waals surface area contributed by atoms with Crippen LogP contribution in [-0.2, 0) is 9.53 Å². The first-order chi connectivity index (χ1) is 10.3. The predicted molar refractivity (Wildman–Crippen MR) is 73.7 cm³/mol. The number of unbranched alkanes of at least 4 members (excludes halogenated alkanes) is 1. The third kappa shape index (κ3) is 5.73. The first kappa shape index (κ1) is 21.8. The molecule has 0 heterocycles. The molecule has 0 saturated carbocycles. The Morgan fingerprint density at radius 2 is 1.57 bits per heavy atom. The van der Waals surface area contributed by atoms with E-state index < -0.39 is 36.3 Å². The van der Waals surface area contributed by atoms with Crippen molar-refractivity contribution in [1.82, 2.24) is 0 Å². The monoisotopic (exact) mass is 348 g/mol. The normalized spacial score (nSPS) is 14.5. The first-order valence-electron chi connectivity index (χ1n) is 7.32. The summed E-state index contributed by atoms with van der Waals surface area (Å²) in [6.45, 7) is 6.79. The van der Waals surface area contributed by atoms with Crippen LogP contribution in [-0.4, -0.2) is 24.4 Å². The zero-order valence-corrected chi connectivity index (χ0v) is 13.4. The molecule has 136 valence electrons. The molecule has 0 aliphatic rings. The molecule has 0 aliphatic heterocycles. The molecule has 0 N–H and O–H groups in total. The fraction of sp³-hybridized carbons (Fsp3) is 0.800. The molecular weight excluding hydrogens is 326 g/mol. The summed E-state index contributed by atoms with van der Waals surface area (Å²) in [6.07, 6.45) is -12.8. The second-order valence-electron chi connectivity index (χ2n) is 5.66. The standard InChI is InChI=1S/C15H22F6O2/c1-5-7-8-11(23-12(22)10(3)6-2)9-13(4,14(16,17)18)15(19,20)21/h11H,3,5-9H2,1-2,4H3. The van der Waals surface area contributed by atoms with E-state index in [0.29, 0.717) is 12.8 Å². The molecule has 0 fully saturated rings. The minimum Gasteiger partial charge on any atom is -0.459 e. The predicted octanol–water partition coefficient (Wildman–Crippen LogP) is 5.58. The van der Waals surface area contributed by atoms with Crippen LogP contribution in [0.3, 0.4) is 0 Å². The van der Waals surface area contributed by atoms with Gasteiger partial charge in [-0.1, -0.05) is 33.3 Å². The van der Waals surface area contributed by atoms with Crippen LogP contribution in [0.15, 0.2) is 12.2 Å². The highest BCUT2D eigenvalue weighted by molar-refractivity contribution is 5.87. The second kappa shape index (κ2) is 8.06. The topological polar surface area (TPSA) is 26.3 Å². The third-order valence-corrected chi connectivity index (χ3v) is 3.76. The fourth-order valence-electron chi connectivity index (χ4n) is 1.86. The van der Waals surface area contributed by atoms with Gasteiger partial charge in [-0.25, -0.2) is 4.79 Å². The average Bonchev–Trinajstić information content (AvgIpc) is 2.40. The zero-order chi connectivity index (χ0) is 18.5. The molecule has 0 bridgehead atoms. The number of hydrogen-bond acceptors (Lipinski definition) is 2. The molecular formula is C15H22F6O2. The van der Waals surface area contributed by atoms with Crippen LogP contribution in [0.4, 0.5) is 26.3 Å². The number of alkyl halides is 6. The number of halogens is 6. The van der Waals surface area contributed by atoms with Crippen LogP contribution in [0, 0.1) is 5.41 Å². The van der Waals surface area contributed by atoms with Gasteiger partial charge in [0.1, 0.15) is 6.10 Å². The lowest BCUT2D eigenvalue weighted by Crippen LogP contribution is -2.50. The zero-order valence-electron chi connectivity index (χ0n) is 13.4. The highest BCUT2D eigenvalue weighted by Gasteiger charge is 2.67. The minimum atomic E-state index is -5.50. The molecule has 2 nitrogen and oxygen atoms in total. The van der Waals surface area contributed by atoms with Crippen LogP contribution in [0.5, 0.6) is 0 Å². The maximum Gasteiger partial charge on any atom is 0.403 e. The Hall–Kier alpha value is -1.21. The largest absolute Gasteiger partial charge is 0.459 e. The SMILES string of the molecule is C=C(CC)C(=O)OC(CCCC)CC(C)(C(F)(F)F)C(F)(F)F. The quantitative estimate of drug-likeness (QED) is 0.325. The molecule has 8 heteroatoms. The van der Waals surface area contributed by atoms with Gasteiger partial charge in [-0.3, -0.25) is 0 Å². The van der Waals surface area contributed by atoms with Crippen molar-refractivity contribution in [3.05, 3.63) is 12.2 Å². The van der Waals surface area contributed by atoms with E-state index in [1.165, 1.54) is 0 Å². The Bertz CT molecular complexity index is 397. The summed E-state index contributed by atoms with van der Waals surface area (Å²) in [5, 5.41) is 0. The molecule has 0 aliphatic carbocycles. The van der Waals surface area contributed by atoms with Gasteiger partial charge in [-0.15, -0.1) is 0 Å². The molecule has 0 saturated heterocycles. The van der Waals surface area contributed by atoms with Crippen molar-refractivity contribution in [2.24, 2.45) is 5.41 Å². The minimum absolute atomic E-state index is 0.00668. The van der Waals surface area contributed by atoms with Crippen molar-refractivity contribution in [2.75, 3.05) is 0 Å². The van der Waals surface area contributed by atoms with E-state index in [9.17, 15) is 31.1 Å². The smallest absolute Gasteiger partial charge is 0.403 e. The van der Waals surface area contributed by atoms with Crippen molar-refractivity contribution in [3.8, 4) is 0 Å². The molecule has 1 atom stereocenters. The summed E-state index contributed by atoms with van der Waals surface area (Å²) < 4.78 is 82.7. The van der Waals surface area contributed by atoms with Crippen molar-refractivity contribution in [2.45, 2.75) is 71.3 Å². The van der Waals surface area contributed by atoms with E-state index in [-0.39, 0.29) is 25.3 Å². The summed E-state index contributed by atoms with van der Waals surface area (Å²) in [5.74, 6) is -0.958. The highest BCUT2D eigenvalue weighted by Crippen LogP contribution is 2.53. The first-order valence-corrected chi connectivity index (χ1v) is 7.32. The lowest BCUT2D eigenvalue weighted by Gasteiger charge is -2.36. The molecule has 0 amide bonds. The number of carbonyl (C=O) groups excluding carboxylic acids is 1. The van der Waals surface area contributed by atoms with Gasteiger partial charge in [-0.2, -0.15) is 26.3 Å². The van der Waals surface area contributed by atoms with Gasteiger partial charge >= 0.3 is 18.3 Å². The maximum absolute atomic E-state index is 13.0. The molecule has 0 rings (SSSR count). The van der Waals surface area contributed by atoms with Crippen molar-refractivity contribution >= 4 is 5.97 Å².